The van der Waals surface area contributed by atoms with Gasteiger partial charge in [-0.05, 0) is 0 Å². The van der Waals surface area contributed by atoms with Crippen LogP contribution in [0.25, 0.3) is 10.9 Å². The van der Waals surface area contributed by atoms with Crippen LogP contribution >= 0.6 is 0 Å². The second kappa shape index (κ2) is 3.16. The summed E-state index contributed by atoms with van der Waals surface area (Å²) in [4.78, 5) is 8.14. The average Bonchev–Trinajstić information content (AvgIpc) is 2.86. The predicted octanol–water partition coefficient (Wildman–Crippen LogP) is 2.07. The molecular formula is C12H10NSe. The number of rotatable bonds is 1. The molecule has 2 heteroatoms. The molecule has 0 bridgehead atoms. The summed E-state index contributed by atoms with van der Waals surface area (Å²) in [6.45, 7) is 0. The summed E-state index contributed by atoms with van der Waals surface area (Å²) >= 11 is -0.795. The number of aromatic amines is 1. The Morgan fingerprint density at radius 3 is 2.57 bits per heavy atom. The summed E-state index contributed by atoms with van der Waals surface area (Å²) in [6, 6.07) is 10.7. The first-order valence-electron chi connectivity index (χ1n) is 4.58. The van der Waals surface area contributed by atoms with Crippen LogP contribution in [-0.4, -0.2) is 18.9 Å². The van der Waals surface area contributed by atoms with E-state index >= 15 is 0 Å². The second-order valence-electron chi connectivity index (χ2n) is 3.25. The molecule has 1 aliphatic heterocycles. The van der Waals surface area contributed by atoms with Crippen LogP contribution in [0, 0.1) is 0 Å². The maximum atomic E-state index is 3.49. The quantitative estimate of drug-likeness (QED) is 0.742. The number of hydrogen-bond acceptors (Lipinski definition) is 0. The van der Waals surface area contributed by atoms with Gasteiger partial charge in [0.2, 0.25) is 0 Å². The Kier molecular flexibility index (Phi) is 1.83. The molecule has 1 N–H and O–H groups in total. The van der Waals surface area contributed by atoms with E-state index in [1.54, 1.807) is 0 Å². The Hall–Kier alpha value is -1.24. The number of aromatic nitrogens is 1. The number of fused-ring (bicyclic) bond motifs is 1. The minimum atomic E-state index is -0.795. The van der Waals surface area contributed by atoms with Crippen LogP contribution in [-0.2, 0) is 0 Å². The second-order valence-corrected chi connectivity index (χ2v) is 6.87. The van der Waals surface area contributed by atoms with Gasteiger partial charge < -0.3 is 0 Å². The van der Waals surface area contributed by atoms with Crippen LogP contribution in [0.1, 0.15) is 0 Å². The molecule has 0 atom stereocenters. The van der Waals surface area contributed by atoms with Crippen molar-refractivity contribution in [3.05, 3.63) is 52.4 Å². The van der Waals surface area contributed by atoms with Crippen LogP contribution in [0.5, 0.6) is 0 Å². The van der Waals surface area contributed by atoms with Gasteiger partial charge in [-0.1, -0.05) is 0 Å². The van der Waals surface area contributed by atoms with Crippen molar-refractivity contribution in [1.82, 2.24) is 4.98 Å². The summed E-state index contributed by atoms with van der Waals surface area (Å²) < 4.78 is 1.40. The third-order valence-corrected chi connectivity index (χ3v) is 5.74. The molecule has 0 unspecified atom stereocenters. The average molecular weight is 247 g/mol. The van der Waals surface area contributed by atoms with E-state index in [9.17, 15) is 0 Å². The maximum absolute atomic E-state index is 3.49. The van der Waals surface area contributed by atoms with Crippen LogP contribution < -0.4 is 4.59 Å². The van der Waals surface area contributed by atoms with E-state index in [1.165, 1.54) is 15.5 Å². The summed E-state index contributed by atoms with van der Waals surface area (Å²) in [6.07, 6.45) is 4.30. The Morgan fingerprint density at radius 2 is 1.79 bits per heavy atom. The third-order valence-electron chi connectivity index (χ3n) is 2.32. The Balaban J connectivity index is 2.14. The van der Waals surface area contributed by atoms with Crippen LogP contribution in [0.4, 0.5) is 0 Å². The van der Waals surface area contributed by atoms with E-state index in [0.717, 1.165) is 0 Å². The number of para-hydroxylation sites is 1. The molecule has 69 valence electrons. The molecule has 2 aromatic rings. The predicted molar refractivity (Wildman–Crippen MR) is 62.0 cm³/mol. The van der Waals surface area contributed by atoms with Gasteiger partial charge in [0.05, 0.1) is 0 Å². The van der Waals surface area contributed by atoms with E-state index in [4.69, 9.17) is 0 Å². The molecule has 1 nitrogen and oxygen atoms in total. The summed E-state index contributed by atoms with van der Waals surface area (Å²) in [7, 11) is 0. The normalized spacial score (nSPS) is 15.7. The minimum absolute atomic E-state index is 0.795. The van der Waals surface area contributed by atoms with Crippen LogP contribution in [0.2, 0.25) is 0 Å². The number of benzene rings is 1. The summed E-state index contributed by atoms with van der Waals surface area (Å²) in [5, 5.41) is 1.32. The fourth-order valence-corrected chi connectivity index (χ4v) is 4.55. The zero-order chi connectivity index (χ0) is 9.38. The van der Waals surface area contributed by atoms with Crippen molar-refractivity contribution in [2.75, 3.05) is 0 Å². The molecule has 1 aromatic heterocycles. The molecular weight excluding hydrogens is 237 g/mol. The fraction of sp³-hybridized carbons (Fsp3) is 0. The van der Waals surface area contributed by atoms with Crippen molar-refractivity contribution in [1.29, 1.82) is 0 Å². The fourth-order valence-electron chi connectivity index (χ4n) is 1.63. The molecule has 1 radical (unpaired) electrons. The zero-order valence-corrected chi connectivity index (χ0v) is 9.32. The van der Waals surface area contributed by atoms with Gasteiger partial charge in [-0.2, -0.15) is 0 Å². The van der Waals surface area contributed by atoms with Gasteiger partial charge in [0.25, 0.3) is 0 Å². The number of H-pyrrole nitrogens is 1. The van der Waals surface area contributed by atoms with Crippen LogP contribution in [0.15, 0.2) is 52.4 Å². The molecule has 0 spiro atoms. The van der Waals surface area contributed by atoms with Crippen molar-refractivity contribution in [2.45, 2.75) is 0 Å². The monoisotopic (exact) mass is 248 g/mol. The molecule has 0 saturated carbocycles. The van der Waals surface area contributed by atoms with Gasteiger partial charge in [-0.15, -0.1) is 0 Å². The molecule has 1 aliphatic rings. The van der Waals surface area contributed by atoms with Gasteiger partial charge >= 0.3 is 86.8 Å². The summed E-state index contributed by atoms with van der Waals surface area (Å²) in [5.74, 6) is 0. The van der Waals surface area contributed by atoms with Gasteiger partial charge in [-0.25, -0.2) is 0 Å². The molecule has 3 rings (SSSR count). The Bertz CT molecular complexity index is 477. The van der Waals surface area contributed by atoms with Crippen molar-refractivity contribution in [2.24, 2.45) is 0 Å². The SMILES string of the molecule is C1=C[Se](c2cc3ccccc3[nH]2)C=C1. The number of hydrogen-bond donors (Lipinski definition) is 1. The molecule has 14 heavy (non-hydrogen) atoms. The van der Waals surface area contributed by atoms with Gasteiger partial charge in [0.15, 0.2) is 0 Å². The molecule has 0 aliphatic carbocycles. The molecule has 0 saturated heterocycles. The van der Waals surface area contributed by atoms with Gasteiger partial charge in [0, 0.05) is 0 Å². The standard InChI is InChI=1S/C12H10NSe/c1-2-6-11-10(5-1)9-12(13-11)14-7-3-4-8-14/h1-9,13H. The summed E-state index contributed by atoms with van der Waals surface area (Å²) in [5.41, 5.74) is 1.25. The van der Waals surface area contributed by atoms with Gasteiger partial charge in [0.1, 0.15) is 0 Å². The van der Waals surface area contributed by atoms with Crippen molar-refractivity contribution in [3.8, 4) is 0 Å². The first-order chi connectivity index (χ1) is 6.93. The Labute approximate surface area is 87.0 Å². The molecule has 0 amide bonds. The third kappa shape index (κ3) is 1.24. The van der Waals surface area contributed by atoms with Gasteiger partial charge in [-0.3, -0.25) is 0 Å². The van der Waals surface area contributed by atoms with E-state index in [-0.39, 0.29) is 0 Å². The van der Waals surface area contributed by atoms with Crippen molar-refractivity contribution in [3.63, 3.8) is 0 Å². The van der Waals surface area contributed by atoms with E-state index in [0.29, 0.717) is 0 Å². The topological polar surface area (TPSA) is 15.8 Å². The first-order valence-corrected chi connectivity index (χ1v) is 7.41. The molecule has 0 fully saturated rings. The zero-order valence-electron chi connectivity index (χ0n) is 7.60. The number of allylic oxidation sites excluding steroid dienone is 2. The van der Waals surface area contributed by atoms with E-state index in [1.807, 2.05) is 0 Å². The van der Waals surface area contributed by atoms with E-state index < -0.39 is 13.9 Å². The first kappa shape index (κ1) is 8.10. The van der Waals surface area contributed by atoms with Crippen LogP contribution in [0.3, 0.4) is 0 Å². The number of nitrogens with one attached hydrogen (secondary N) is 1. The van der Waals surface area contributed by atoms with Crippen molar-refractivity contribution < 1.29 is 0 Å². The molecule has 1 aromatic carbocycles. The van der Waals surface area contributed by atoms with Crippen molar-refractivity contribution >= 4 is 29.4 Å². The van der Waals surface area contributed by atoms with E-state index in [2.05, 4.69) is 57.4 Å². The molecule has 2 heterocycles. The Morgan fingerprint density at radius 1 is 1.00 bits per heavy atom.